The third-order valence-corrected chi connectivity index (χ3v) is 3.60. The van der Waals surface area contributed by atoms with E-state index >= 15 is 0 Å². The van der Waals surface area contributed by atoms with Crippen LogP contribution in [0.15, 0.2) is 12.1 Å². The quantitative estimate of drug-likeness (QED) is 0.655. The topological polar surface area (TPSA) is 94.1 Å². The lowest BCUT2D eigenvalue weighted by molar-refractivity contribution is -0.145. The first-order valence-corrected chi connectivity index (χ1v) is 8.30. The van der Waals surface area contributed by atoms with Crippen LogP contribution < -0.4 is 14.8 Å². The summed E-state index contributed by atoms with van der Waals surface area (Å²) < 4.78 is 16.0. The molecular weight excluding hydrogens is 350 g/mol. The number of methoxy groups -OCH3 is 1. The Morgan fingerprint density at radius 3 is 2.48 bits per heavy atom. The number of benzene rings is 1. The summed E-state index contributed by atoms with van der Waals surface area (Å²) in [6.45, 7) is 5.75. The fourth-order valence-corrected chi connectivity index (χ4v) is 2.33. The van der Waals surface area contributed by atoms with Crippen LogP contribution >= 0.6 is 11.6 Å². The van der Waals surface area contributed by atoms with Crippen LogP contribution in [0.1, 0.15) is 37.6 Å². The minimum Gasteiger partial charge on any atom is -0.490 e. The highest BCUT2D eigenvalue weighted by molar-refractivity contribution is 6.32. The molecule has 1 amide bonds. The molecule has 0 heterocycles. The van der Waals surface area contributed by atoms with Crippen LogP contribution in [0.3, 0.4) is 0 Å². The first-order chi connectivity index (χ1) is 11.8. The van der Waals surface area contributed by atoms with Gasteiger partial charge in [-0.1, -0.05) is 18.5 Å². The number of rotatable bonds is 10. The lowest BCUT2D eigenvalue weighted by Crippen LogP contribution is -2.55. The second-order valence-corrected chi connectivity index (χ2v) is 6.00. The Morgan fingerprint density at radius 1 is 1.28 bits per heavy atom. The second-order valence-electron chi connectivity index (χ2n) is 5.59. The van der Waals surface area contributed by atoms with Crippen LogP contribution in [-0.2, 0) is 9.53 Å². The van der Waals surface area contributed by atoms with Gasteiger partial charge in [-0.2, -0.15) is 0 Å². The lowest BCUT2D eigenvalue weighted by Gasteiger charge is -2.25. The van der Waals surface area contributed by atoms with Crippen LogP contribution in [0, 0.1) is 0 Å². The van der Waals surface area contributed by atoms with Gasteiger partial charge in [0.15, 0.2) is 17.0 Å². The van der Waals surface area contributed by atoms with Gasteiger partial charge < -0.3 is 24.6 Å². The maximum Gasteiger partial charge on any atom is 0.331 e. The van der Waals surface area contributed by atoms with E-state index in [1.807, 2.05) is 6.92 Å². The maximum absolute atomic E-state index is 12.5. The number of carboxylic acid groups (broad SMARTS) is 1. The van der Waals surface area contributed by atoms with Crippen LogP contribution in [0.4, 0.5) is 0 Å². The summed E-state index contributed by atoms with van der Waals surface area (Å²) in [6.07, 6.45) is 0.790. The molecule has 0 bridgehead atoms. The molecule has 0 radical (unpaired) electrons. The fourth-order valence-electron chi connectivity index (χ4n) is 2.07. The Labute approximate surface area is 152 Å². The molecule has 0 fully saturated rings. The minimum absolute atomic E-state index is 0.167. The predicted molar refractivity (Wildman–Crippen MR) is 93.8 cm³/mol. The predicted octanol–water partition coefficient (Wildman–Crippen LogP) is 2.75. The first-order valence-electron chi connectivity index (χ1n) is 7.93. The molecule has 2 N–H and O–H groups in total. The van der Waals surface area contributed by atoms with Crippen molar-refractivity contribution in [2.45, 2.75) is 32.7 Å². The van der Waals surface area contributed by atoms with Crippen molar-refractivity contribution in [2.75, 3.05) is 26.9 Å². The Morgan fingerprint density at radius 2 is 1.96 bits per heavy atom. The van der Waals surface area contributed by atoms with Gasteiger partial charge in [0, 0.05) is 12.7 Å². The average molecular weight is 374 g/mol. The van der Waals surface area contributed by atoms with E-state index in [4.69, 9.17) is 25.8 Å². The largest absolute Gasteiger partial charge is 0.490 e. The number of halogens is 1. The number of aliphatic carboxylic acids is 1. The van der Waals surface area contributed by atoms with Crippen molar-refractivity contribution in [2.24, 2.45) is 0 Å². The molecule has 0 aliphatic rings. The van der Waals surface area contributed by atoms with Gasteiger partial charge in [-0.05, 0) is 32.4 Å². The molecule has 140 valence electrons. The number of carbonyl (C=O) groups is 2. The molecular formula is C17H24ClNO6. The molecule has 0 saturated heterocycles. The normalized spacial score (nSPS) is 13.0. The Balaban J connectivity index is 3.15. The monoisotopic (exact) mass is 373 g/mol. The highest BCUT2D eigenvalue weighted by atomic mass is 35.5. The Hall–Kier alpha value is -1.99. The van der Waals surface area contributed by atoms with Crippen molar-refractivity contribution in [3.8, 4) is 11.5 Å². The molecule has 0 spiro atoms. The van der Waals surface area contributed by atoms with E-state index < -0.39 is 17.4 Å². The number of amides is 1. The Bertz CT molecular complexity index is 621. The molecule has 8 heteroatoms. The highest BCUT2D eigenvalue weighted by Gasteiger charge is 2.35. The molecule has 25 heavy (non-hydrogen) atoms. The van der Waals surface area contributed by atoms with Crippen LogP contribution in [0.2, 0.25) is 5.02 Å². The molecule has 1 aromatic rings. The number of hydrogen-bond acceptors (Lipinski definition) is 5. The van der Waals surface area contributed by atoms with Crippen molar-refractivity contribution >= 4 is 23.5 Å². The zero-order valence-corrected chi connectivity index (χ0v) is 15.6. The lowest BCUT2D eigenvalue weighted by atomic mass is 10.0. The third-order valence-electron chi connectivity index (χ3n) is 3.32. The zero-order valence-electron chi connectivity index (χ0n) is 14.8. The van der Waals surface area contributed by atoms with Crippen molar-refractivity contribution in [3.05, 3.63) is 22.7 Å². The molecule has 0 aliphatic heterocycles. The number of ether oxygens (including phenoxy) is 3. The average Bonchev–Trinajstić information content (AvgIpc) is 2.54. The fraction of sp³-hybridized carbons (Fsp3) is 0.529. The van der Waals surface area contributed by atoms with E-state index in [1.165, 1.54) is 26.2 Å². The zero-order chi connectivity index (χ0) is 19.0. The number of carboxylic acids is 1. The van der Waals surface area contributed by atoms with Crippen molar-refractivity contribution in [1.29, 1.82) is 0 Å². The van der Waals surface area contributed by atoms with Gasteiger partial charge in [-0.3, -0.25) is 4.79 Å². The summed E-state index contributed by atoms with van der Waals surface area (Å²) in [6, 6.07) is 2.89. The van der Waals surface area contributed by atoms with Crippen molar-refractivity contribution in [1.82, 2.24) is 5.32 Å². The number of nitrogens with one attached hydrogen (secondary N) is 1. The number of hydrogen-bond donors (Lipinski definition) is 2. The van der Waals surface area contributed by atoms with E-state index in [9.17, 15) is 14.7 Å². The molecule has 1 aromatic carbocycles. The van der Waals surface area contributed by atoms with Crippen LogP contribution in [0.5, 0.6) is 11.5 Å². The third kappa shape index (κ3) is 5.51. The van der Waals surface area contributed by atoms with Gasteiger partial charge >= 0.3 is 5.97 Å². The van der Waals surface area contributed by atoms with Gasteiger partial charge in [0.05, 0.1) is 24.8 Å². The van der Waals surface area contributed by atoms with E-state index in [0.717, 1.165) is 6.42 Å². The van der Waals surface area contributed by atoms with E-state index in [0.29, 0.717) is 24.7 Å². The van der Waals surface area contributed by atoms with Gasteiger partial charge in [-0.25, -0.2) is 4.79 Å². The van der Waals surface area contributed by atoms with Gasteiger partial charge in [0.1, 0.15) is 0 Å². The molecule has 0 aromatic heterocycles. The Kier molecular flexibility index (Phi) is 7.99. The standard InChI is InChI=1S/C17H24ClNO6/c1-5-7-25-14-12(18)8-11(9-13(14)24-6-2)15(20)19-17(3,10-23-4)16(21)22/h8-9H,5-7,10H2,1-4H3,(H,19,20)(H,21,22). The van der Waals surface area contributed by atoms with Crippen molar-refractivity contribution < 1.29 is 28.9 Å². The van der Waals surface area contributed by atoms with Gasteiger partial charge in [0.2, 0.25) is 0 Å². The maximum atomic E-state index is 12.5. The molecule has 1 rings (SSSR count). The van der Waals surface area contributed by atoms with E-state index in [1.54, 1.807) is 6.92 Å². The van der Waals surface area contributed by atoms with Gasteiger partial charge in [-0.15, -0.1) is 0 Å². The molecule has 0 saturated carbocycles. The summed E-state index contributed by atoms with van der Waals surface area (Å²) in [5, 5.41) is 12.0. The van der Waals surface area contributed by atoms with E-state index in [-0.39, 0.29) is 17.2 Å². The van der Waals surface area contributed by atoms with Gasteiger partial charge in [0.25, 0.3) is 5.91 Å². The molecule has 1 unspecified atom stereocenters. The summed E-state index contributed by atoms with van der Waals surface area (Å²) in [5.74, 6) is -1.12. The summed E-state index contributed by atoms with van der Waals surface area (Å²) in [7, 11) is 1.36. The summed E-state index contributed by atoms with van der Waals surface area (Å²) >= 11 is 6.22. The summed E-state index contributed by atoms with van der Waals surface area (Å²) in [4.78, 5) is 23.9. The van der Waals surface area contributed by atoms with Crippen molar-refractivity contribution in [3.63, 3.8) is 0 Å². The molecule has 7 nitrogen and oxygen atoms in total. The molecule has 1 atom stereocenters. The highest BCUT2D eigenvalue weighted by Crippen LogP contribution is 2.37. The second kappa shape index (κ2) is 9.48. The first kappa shape index (κ1) is 21.1. The van der Waals surface area contributed by atoms with Crippen LogP contribution in [0.25, 0.3) is 0 Å². The summed E-state index contributed by atoms with van der Waals surface area (Å²) in [5.41, 5.74) is -1.40. The van der Waals surface area contributed by atoms with E-state index in [2.05, 4.69) is 5.32 Å². The smallest absolute Gasteiger partial charge is 0.331 e. The minimum atomic E-state index is -1.57. The molecule has 0 aliphatic carbocycles. The number of carbonyl (C=O) groups excluding carboxylic acids is 1. The SMILES string of the molecule is CCCOc1c(Cl)cc(C(=O)NC(C)(COC)C(=O)O)cc1OCC. The van der Waals surface area contributed by atoms with Crippen LogP contribution in [-0.4, -0.2) is 49.5 Å².